The highest BCUT2D eigenvalue weighted by Crippen LogP contribution is 2.40. The molecule has 3 rings (SSSR count). The van der Waals surface area contributed by atoms with E-state index in [4.69, 9.17) is 23.2 Å². The van der Waals surface area contributed by atoms with Crippen LogP contribution < -0.4 is 5.32 Å². The molecule has 1 amide bonds. The minimum Gasteiger partial charge on any atom is -0.323 e. The Morgan fingerprint density at radius 3 is 2.65 bits per heavy atom. The molecule has 1 aromatic carbocycles. The molecule has 1 N–H and O–H groups in total. The summed E-state index contributed by atoms with van der Waals surface area (Å²) in [7, 11) is 0. The molecule has 8 heteroatoms. The molecule has 122 valence electrons. The van der Waals surface area contributed by atoms with E-state index >= 15 is 0 Å². The maximum atomic E-state index is 12.1. The van der Waals surface area contributed by atoms with Gasteiger partial charge in [-0.05, 0) is 31.9 Å². The standard InChI is InChI=1S/C15H16Cl2N4OS/c1-2-21-14(9-6-7-9)19-20-15(21)23-8-12(22)18-13-10(16)4-3-5-11(13)17/h3-5,9H,2,6-8H2,1H3,(H,18,22). The van der Waals surface area contributed by atoms with Gasteiger partial charge in [-0.25, -0.2) is 0 Å². The molecule has 0 unspecified atom stereocenters. The number of hydrogen-bond acceptors (Lipinski definition) is 4. The Labute approximate surface area is 148 Å². The molecule has 1 fully saturated rings. The second-order valence-corrected chi connectivity index (χ2v) is 7.05. The smallest absolute Gasteiger partial charge is 0.234 e. The highest BCUT2D eigenvalue weighted by Gasteiger charge is 2.30. The number of para-hydroxylation sites is 1. The van der Waals surface area contributed by atoms with Crippen LogP contribution in [0.3, 0.4) is 0 Å². The SMILES string of the molecule is CCn1c(SCC(=O)Nc2c(Cl)cccc2Cl)nnc1C1CC1. The third-order valence-electron chi connectivity index (χ3n) is 3.56. The van der Waals surface area contributed by atoms with Gasteiger partial charge in [-0.2, -0.15) is 0 Å². The maximum Gasteiger partial charge on any atom is 0.234 e. The lowest BCUT2D eigenvalue weighted by molar-refractivity contribution is -0.113. The minimum atomic E-state index is -0.177. The van der Waals surface area contributed by atoms with Crippen molar-refractivity contribution in [2.75, 3.05) is 11.1 Å². The van der Waals surface area contributed by atoms with Crippen molar-refractivity contribution in [2.45, 2.75) is 37.4 Å². The number of aromatic nitrogens is 3. The van der Waals surface area contributed by atoms with Crippen LogP contribution in [0, 0.1) is 0 Å². The van der Waals surface area contributed by atoms with Gasteiger partial charge in [0.15, 0.2) is 5.16 Å². The lowest BCUT2D eigenvalue weighted by Gasteiger charge is -2.09. The van der Waals surface area contributed by atoms with Crippen molar-refractivity contribution in [2.24, 2.45) is 0 Å². The van der Waals surface area contributed by atoms with Gasteiger partial charge in [0.25, 0.3) is 0 Å². The number of carbonyl (C=O) groups excluding carboxylic acids is 1. The van der Waals surface area contributed by atoms with Gasteiger partial charge in [0, 0.05) is 12.5 Å². The van der Waals surface area contributed by atoms with Crippen LogP contribution in [0.4, 0.5) is 5.69 Å². The summed E-state index contributed by atoms with van der Waals surface area (Å²) in [6.07, 6.45) is 2.35. The van der Waals surface area contributed by atoms with E-state index in [2.05, 4.69) is 27.0 Å². The zero-order chi connectivity index (χ0) is 16.4. The van der Waals surface area contributed by atoms with E-state index in [1.54, 1.807) is 18.2 Å². The molecule has 1 aliphatic rings. The Kier molecular flexibility index (Phi) is 5.14. The summed E-state index contributed by atoms with van der Waals surface area (Å²) < 4.78 is 2.08. The fraction of sp³-hybridized carbons (Fsp3) is 0.400. The quantitative estimate of drug-likeness (QED) is 0.773. The molecule has 1 heterocycles. The van der Waals surface area contributed by atoms with Crippen LogP contribution in [0.2, 0.25) is 10.0 Å². The second kappa shape index (κ2) is 7.11. The van der Waals surface area contributed by atoms with Crippen molar-refractivity contribution in [1.29, 1.82) is 0 Å². The molecular weight excluding hydrogens is 355 g/mol. The predicted octanol–water partition coefficient (Wildman–Crippen LogP) is 4.21. The van der Waals surface area contributed by atoms with Gasteiger partial charge in [-0.1, -0.05) is 41.0 Å². The number of amides is 1. The van der Waals surface area contributed by atoms with Gasteiger partial charge in [0.05, 0.1) is 21.5 Å². The Morgan fingerprint density at radius 1 is 1.35 bits per heavy atom. The number of halogens is 2. The number of anilines is 1. The number of hydrogen-bond donors (Lipinski definition) is 1. The van der Waals surface area contributed by atoms with Crippen LogP contribution in [0.1, 0.15) is 31.5 Å². The number of nitrogens with one attached hydrogen (secondary N) is 1. The Bertz CT molecular complexity index is 710. The van der Waals surface area contributed by atoms with Gasteiger partial charge in [0.1, 0.15) is 5.82 Å². The Morgan fingerprint density at radius 2 is 2.04 bits per heavy atom. The third-order valence-corrected chi connectivity index (χ3v) is 5.16. The van der Waals surface area contributed by atoms with Gasteiger partial charge in [-0.3, -0.25) is 4.79 Å². The van der Waals surface area contributed by atoms with Crippen molar-refractivity contribution in [3.05, 3.63) is 34.1 Å². The van der Waals surface area contributed by atoms with Gasteiger partial charge in [-0.15, -0.1) is 10.2 Å². The summed E-state index contributed by atoms with van der Waals surface area (Å²) in [5.74, 6) is 1.62. The summed E-state index contributed by atoms with van der Waals surface area (Å²) in [4.78, 5) is 12.1. The molecule has 0 spiro atoms. The molecule has 1 aromatic heterocycles. The average Bonchev–Trinajstić information content (AvgIpc) is 3.29. The number of carbonyl (C=O) groups is 1. The topological polar surface area (TPSA) is 59.8 Å². The van der Waals surface area contributed by atoms with Crippen molar-refractivity contribution in [3.8, 4) is 0 Å². The van der Waals surface area contributed by atoms with Crippen molar-refractivity contribution in [3.63, 3.8) is 0 Å². The van der Waals surface area contributed by atoms with Gasteiger partial charge < -0.3 is 9.88 Å². The molecule has 1 aliphatic carbocycles. The largest absolute Gasteiger partial charge is 0.323 e. The van der Waals surface area contributed by atoms with Crippen LogP contribution in [-0.4, -0.2) is 26.4 Å². The molecule has 2 aromatic rings. The molecule has 0 atom stereocenters. The maximum absolute atomic E-state index is 12.1. The first-order chi connectivity index (χ1) is 11.1. The molecule has 0 saturated heterocycles. The molecule has 1 saturated carbocycles. The molecule has 0 radical (unpaired) electrons. The Balaban J connectivity index is 1.63. The molecule has 23 heavy (non-hydrogen) atoms. The lowest BCUT2D eigenvalue weighted by Crippen LogP contribution is -2.15. The summed E-state index contributed by atoms with van der Waals surface area (Å²) in [5, 5.41) is 12.8. The molecule has 0 bridgehead atoms. The summed E-state index contributed by atoms with van der Waals surface area (Å²) in [6.45, 7) is 2.86. The number of thioether (sulfide) groups is 1. The van der Waals surface area contributed by atoms with E-state index in [0.717, 1.165) is 17.5 Å². The summed E-state index contributed by atoms with van der Waals surface area (Å²) in [6, 6.07) is 5.11. The van der Waals surface area contributed by atoms with Gasteiger partial charge >= 0.3 is 0 Å². The normalized spacial score (nSPS) is 14.0. The minimum absolute atomic E-state index is 0.177. The van der Waals surface area contributed by atoms with E-state index in [9.17, 15) is 4.79 Å². The highest BCUT2D eigenvalue weighted by atomic mass is 35.5. The average molecular weight is 371 g/mol. The fourth-order valence-corrected chi connectivity index (χ4v) is 3.57. The zero-order valence-electron chi connectivity index (χ0n) is 12.6. The van der Waals surface area contributed by atoms with Crippen molar-refractivity contribution in [1.82, 2.24) is 14.8 Å². The number of nitrogens with zero attached hydrogens (tertiary/aromatic N) is 3. The van der Waals surface area contributed by atoms with E-state index in [0.29, 0.717) is 21.7 Å². The monoisotopic (exact) mass is 370 g/mol. The van der Waals surface area contributed by atoms with Crippen LogP contribution >= 0.6 is 35.0 Å². The van der Waals surface area contributed by atoms with Crippen LogP contribution in [0.15, 0.2) is 23.4 Å². The van der Waals surface area contributed by atoms with E-state index in [1.165, 1.54) is 24.6 Å². The van der Waals surface area contributed by atoms with Crippen molar-refractivity contribution < 1.29 is 4.79 Å². The van der Waals surface area contributed by atoms with E-state index < -0.39 is 0 Å². The van der Waals surface area contributed by atoms with Crippen LogP contribution in [-0.2, 0) is 11.3 Å². The first kappa shape index (κ1) is 16.6. The van der Waals surface area contributed by atoms with E-state index in [-0.39, 0.29) is 11.7 Å². The number of benzene rings is 1. The fourth-order valence-electron chi connectivity index (χ4n) is 2.27. The second-order valence-electron chi connectivity index (χ2n) is 5.29. The van der Waals surface area contributed by atoms with E-state index in [1.807, 2.05) is 0 Å². The number of rotatable bonds is 6. The van der Waals surface area contributed by atoms with Gasteiger partial charge in [0.2, 0.25) is 5.91 Å². The van der Waals surface area contributed by atoms with Crippen molar-refractivity contribution >= 4 is 46.6 Å². The lowest BCUT2D eigenvalue weighted by atomic mass is 10.3. The molecule has 5 nitrogen and oxygen atoms in total. The van der Waals surface area contributed by atoms with Crippen LogP contribution in [0.25, 0.3) is 0 Å². The van der Waals surface area contributed by atoms with Crippen LogP contribution in [0.5, 0.6) is 0 Å². The molecule has 0 aliphatic heterocycles. The highest BCUT2D eigenvalue weighted by molar-refractivity contribution is 7.99. The summed E-state index contributed by atoms with van der Waals surface area (Å²) in [5.41, 5.74) is 0.442. The molecular formula is C15H16Cl2N4OS. The first-order valence-electron chi connectivity index (χ1n) is 7.40. The summed E-state index contributed by atoms with van der Waals surface area (Å²) >= 11 is 13.5. The predicted molar refractivity (Wildman–Crippen MR) is 93.5 cm³/mol. The third kappa shape index (κ3) is 3.82. The zero-order valence-corrected chi connectivity index (χ0v) is 14.9. The Hall–Kier alpha value is -1.24. The first-order valence-corrected chi connectivity index (χ1v) is 9.14.